The second-order valence-corrected chi connectivity index (χ2v) is 10.1. The molecule has 1 aliphatic rings. The van der Waals surface area contributed by atoms with Crippen LogP contribution >= 0.6 is 11.6 Å². The molecule has 1 aromatic heterocycles. The molecule has 1 aliphatic heterocycles. The number of hydrogen-bond acceptors (Lipinski definition) is 4. The van der Waals surface area contributed by atoms with E-state index in [-0.39, 0.29) is 24.5 Å². The van der Waals surface area contributed by atoms with Crippen LogP contribution in [0.25, 0.3) is 11.1 Å². The number of carbonyl (C=O) groups is 1. The molecule has 1 unspecified atom stereocenters. The molecule has 0 saturated heterocycles. The first-order chi connectivity index (χ1) is 17.8. The highest BCUT2D eigenvalue weighted by molar-refractivity contribution is 6.30. The van der Waals surface area contributed by atoms with Crippen LogP contribution in [0.3, 0.4) is 0 Å². The molecule has 4 aromatic rings. The number of methoxy groups -OCH3 is 1. The third kappa shape index (κ3) is 4.69. The number of H-pyrrole nitrogens is 1. The van der Waals surface area contributed by atoms with Crippen molar-refractivity contribution in [3.63, 3.8) is 0 Å². The minimum absolute atomic E-state index is 0.00968. The molecule has 6 nitrogen and oxygen atoms in total. The molecule has 37 heavy (non-hydrogen) atoms. The lowest BCUT2D eigenvalue weighted by Gasteiger charge is -2.38. The zero-order chi connectivity index (χ0) is 26.3. The van der Waals surface area contributed by atoms with Crippen molar-refractivity contribution >= 4 is 23.2 Å². The van der Waals surface area contributed by atoms with E-state index in [9.17, 15) is 4.79 Å². The first-order valence-corrected chi connectivity index (χ1v) is 12.7. The number of aromatic amines is 1. The van der Waals surface area contributed by atoms with Gasteiger partial charge in [0, 0.05) is 22.0 Å². The second kappa shape index (κ2) is 9.94. The highest BCUT2D eigenvalue weighted by Crippen LogP contribution is 2.44. The second-order valence-electron chi connectivity index (χ2n) is 9.62. The van der Waals surface area contributed by atoms with Gasteiger partial charge in [-0.15, -0.1) is 0 Å². The van der Waals surface area contributed by atoms with E-state index in [0.29, 0.717) is 16.5 Å². The maximum absolute atomic E-state index is 13.7. The average molecular weight is 516 g/mol. The number of amides is 1. The lowest BCUT2D eigenvalue weighted by molar-refractivity contribution is -0.118. The summed E-state index contributed by atoms with van der Waals surface area (Å²) in [6.07, 6.45) is 0.240. The number of ether oxygens (including phenoxy) is 2. The monoisotopic (exact) mass is 515 g/mol. The Labute approximate surface area is 222 Å². The van der Waals surface area contributed by atoms with E-state index in [2.05, 4.69) is 10.2 Å². The van der Waals surface area contributed by atoms with E-state index in [4.69, 9.17) is 21.1 Å². The molecule has 2 heterocycles. The number of aromatic nitrogens is 2. The van der Waals surface area contributed by atoms with Gasteiger partial charge >= 0.3 is 0 Å². The number of anilines is 1. The van der Waals surface area contributed by atoms with Crippen LogP contribution in [0.1, 0.15) is 48.0 Å². The number of hydrogen-bond donors (Lipinski definition) is 1. The predicted octanol–water partition coefficient (Wildman–Crippen LogP) is 6.82. The minimum Gasteiger partial charge on any atom is -0.493 e. The standard InChI is InChI=1S/C30H30ClN3O3/c1-17(2)37-27-16-25-22(14-26(27)36-5)15-28(35)34(30(25)21-6-10-23(31)11-7-21)24-12-8-20(9-13-24)29-18(3)32-33-19(29)4/h6-14,16-17,30H,15H2,1-5H3,(H,32,33). The molecule has 0 bridgehead atoms. The number of aryl methyl sites for hydroxylation is 2. The maximum Gasteiger partial charge on any atom is 0.232 e. The summed E-state index contributed by atoms with van der Waals surface area (Å²) in [5, 5.41) is 8.01. The molecule has 1 atom stereocenters. The largest absolute Gasteiger partial charge is 0.493 e. The fraction of sp³-hybridized carbons (Fsp3) is 0.267. The van der Waals surface area contributed by atoms with Gasteiger partial charge in [-0.2, -0.15) is 5.10 Å². The van der Waals surface area contributed by atoms with Crippen molar-refractivity contribution in [3.8, 4) is 22.6 Å². The molecule has 3 aromatic carbocycles. The Morgan fingerprint density at radius 2 is 1.73 bits per heavy atom. The van der Waals surface area contributed by atoms with Crippen molar-refractivity contribution in [2.75, 3.05) is 12.0 Å². The summed E-state index contributed by atoms with van der Waals surface area (Å²) in [7, 11) is 1.62. The van der Waals surface area contributed by atoms with Crippen LogP contribution in [0.4, 0.5) is 5.69 Å². The summed E-state index contributed by atoms with van der Waals surface area (Å²) in [6, 6.07) is 19.4. The van der Waals surface area contributed by atoms with Crippen LogP contribution in [0.15, 0.2) is 60.7 Å². The Kier molecular flexibility index (Phi) is 6.69. The zero-order valence-corrected chi connectivity index (χ0v) is 22.4. The number of fused-ring (bicyclic) bond motifs is 1. The zero-order valence-electron chi connectivity index (χ0n) is 21.6. The SMILES string of the molecule is COc1cc2c(cc1OC(C)C)C(c1ccc(Cl)cc1)N(c1ccc(-c3c(C)n[nH]c3C)cc1)C(=O)C2. The summed E-state index contributed by atoms with van der Waals surface area (Å²) in [6.45, 7) is 7.96. The van der Waals surface area contributed by atoms with Crippen molar-refractivity contribution in [1.82, 2.24) is 10.2 Å². The van der Waals surface area contributed by atoms with Gasteiger partial charge in [0.2, 0.25) is 5.91 Å². The van der Waals surface area contributed by atoms with Crippen molar-refractivity contribution < 1.29 is 14.3 Å². The normalized spacial score (nSPS) is 15.2. The van der Waals surface area contributed by atoms with E-state index in [0.717, 1.165) is 44.9 Å². The van der Waals surface area contributed by atoms with Crippen molar-refractivity contribution in [2.24, 2.45) is 0 Å². The van der Waals surface area contributed by atoms with Crippen LogP contribution in [0.2, 0.25) is 5.02 Å². The lowest BCUT2D eigenvalue weighted by Crippen LogP contribution is -2.41. The Morgan fingerprint density at radius 1 is 1.03 bits per heavy atom. The molecule has 0 fully saturated rings. The summed E-state index contributed by atoms with van der Waals surface area (Å²) in [4.78, 5) is 15.6. The van der Waals surface area contributed by atoms with Crippen LogP contribution in [0.5, 0.6) is 11.5 Å². The molecular formula is C30H30ClN3O3. The highest BCUT2D eigenvalue weighted by Gasteiger charge is 2.36. The summed E-state index contributed by atoms with van der Waals surface area (Å²) < 4.78 is 11.7. The molecular weight excluding hydrogens is 486 g/mol. The first-order valence-electron chi connectivity index (χ1n) is 12.3. The lowest BCUT2D eigenvalue weighted by atomic mass is 9.86. The topological polar surface area (TPSA) is 67.5 Å². The van der Waals surface area contributed by atoms with Crippen LogP contribution in [0, 0.1) is 13.8 Å². The molecule has 190 valence electrons. The van der Waals surface area contributed by atoms with Crippen LogP contribution < -0.4 is 14.4 Å². The molecule has 1 amide bonds. The van der Waals surface area contributed by atoms with Crippen LogP contribution in [-0.2, 0) is 11.2 Å². The van der Waals surface area contributed by atoms with Crippen molar-refractivity contribution in [3.05, 3.63) is 93.8 Å². The molecule has 5 rings (SSSR count). The Hall–Kier alpha value is -3.77. The number of rotatable bonds is 6. The minimum atomic E-state index is -0.350. The van der Waals surface area contributed by atoms with Gasteiger partial charge in [0.1, 0.15) is 0 Å². The van der Waals surface area contributed by atoms with E-state index in [1.165, 1.54) is 0 Å². The van der Waals surface area contributed by atoms with E-state index >= 15 is 0 Å². The van der Waals surface area contributed by atoms with Crippen molar-refractivity contribution in [1.29, 1.82) is 0 Å². The van der Waals surface area contributed by atoms with Gasteiger partial charge in [0.15, 0.2) is 11.5 Å². The maximum atomic E-state index is 13.7. The number of nitrogens with zero attached hydrogens (tertiary/aromatic N) is 2. The van der Waals surface area contributed by atoms with E-state index < -0.39 is 0 Å². The van der Waals surface area contributed by atoms with E-state index in [1.54, 1.807) is 7.11 Å². The van der Waals surface area contributed by atoms with Crippen molar-refractivity contribution in [2.45, 2.75) is 46.3 Å². The number of nitrogens with one attached hydrogen (secondary N) is 1. The fourth-order valence-electron chi connectivity index (χ4n) is 5.09. The first kappa shape index (κ1) is 24.9. The quantitative estimate of drug-likeness (QED) is 0.306. The van der Waals surface area contributed by atoms with Gasteiger partial charge in [0.25, 0.3) is 0 Å². The molecule has 0 spiro atoms. The number of benzene rings is 3. The van der Waals surface area contributed by atoms with E-state index in [1.807, 2.05) is 93.3 Å². The fourth-order valence-corrected chi connectivity index (χ4v) is 5.22. The summed E-state index contributed by atoms with van der Waals surface area (Å²) in [5.74, 6) is 1.29. The predicted molar refractivity (Wildman–Crippen MR) is 147 cm³/mol. The molecule has 0 radical (unpaired) electrons. The van der Waals surface area contributed by atoms with Gasteiger partial charge < -0.3 is 14.4 Å². The number of halogens is 1. The van der Waals surface area contributed by atoms with Gasteiger partial charge in [-0.05, 0) is 86.3 Å². The van der Waals surface area contributed by atoms with Gasteiger partial charge in [-0.25, -0.2) is 0 Å². The summed E-state index contributed by atoms with van der Waals surface area (Å²) in [5.41, 5.74) is 7.80. The highest BCUT2D eigenvalue weighted by atomic mass is 35.5. The summed E-state index contributed by atoms with van der Waals surface area (Å²) >= 11 is 6.22. The average Bonchev–Trinajstić information content (AvgIpc) is 3.21. The molecule has 1 N–H and O–H groups in total. The molecule has 7 heteroatoms. The molecule has 0 aliphatic carbocycles. The molecule has 0 saturated carbocycles. The van der Waals surface area contributed by atoms with Gasteiger partial charge in [-0.3, -0.25) is 9.89 Å². The van der Waals surface area contributed by atoms with Gasteiger partial charge in [0.05, 0.1) is 31.4 Å². The van der Waals surface area contributed by atoms with Crippen LogP contribution in [-0.4, -0.2) is 29.3 Å². The Morgan fingerprint density at radius 3 is 2.32 bits per heavy atom. The van der Waals surface area contributed by atoms with Gasteiger partial charge in [-0.1, -0.05) is 35.9 Å². The Bertz CT molecular complexity index is 1420. The third-order valence-corrected chi connectivity index (χ3v) is 6.95. The third-order valence-electron chi connectivity index (χ3n) is 6.70. The smallest absolute Gasteiger partial charge is 0.232 e. The Balaban J connectivity index is 1.64. The number of carbonyl (C=O) groups excluding carboxylic acids is 1.